The van der Waals surface area contributed by atoms with Crippen molar-refractivity contribution in [3.8, 4) is 6.07 Å². The molecule has 2 aromatic rings. The molecule has 0 aliphatic carbocycles. The molecule has 0 fully saturated rings. The van der Waals surface area contributed by atoms with Crippen molar-refractivity contribution in [1.82, 2.24) is 4.57 Å². The number of rotatable bonds is 6. The topological polar surface area (TPSA) is 45.8 Å². The third-order valence-corrected chi connectivity index (χ3v) is 3.53. The van der Waals surface area contributed by atoms with Gasteiger partial charge in [0.05, 0.1) is 6.04 Å². The molecule has 0 N–H and O–H groups in total. The van der Waals surface area contributed by atoms with Gasteiger partial charge < -0.3 is 4.57 Å². The van der Waals surface area contributed by atoms with Crippen LogP contribution in [0.15, 0.2) is 66.1 Å². The van der Waals surface area contributed by atoms with Gasteiger partial charge in [0.25, 0.3) is 5.56 Å². The molecule has 0 saturated carbocycles. The first-order valence-electron chi connectivity index (χ1n) is 7.04. The molecule has 0 saturated heterocycles. The van der Waals surface area contributed by atoms with Crippen LogP contribution in [0.3, 0.4) is 0 Å². The molecule has 2 rings (SSSR count). The van der Waals surface area contributed by atoms with E-state index in [4.69, 9.17) is 5.26 Å². The van der Waals surface area contributed by atoms with Crippen LogP contribution in [0, 0.1) is 11.3 Å². The fraction of sp³-hybridized carbons (Fsp3) is 0.222. The highest BCUT2D eigenvalue weighted by molar-refractivity contribution is 5.25. The number of pyridine rings is 1. The molecule has 21 heavy (non-hydrogen) atoms. The van der Waals surface area contributed by atoms with Crippen molar-refractivity contribution < 1.29 is 0 Å². The normalized spacial score (nSPS) is 11.6. The molecule has 0 bridgehead atoms. The van der Waals surface area contributed by atoms with Gasteiger partial charge in [-0.05, 0) is 37.0 Å². The Bertz CT molecular complexity index is 695. The molecule has 3 nitrogen and oxygen atoms in total. The van der Waals surface area contributed by atoms with Gasteiger partial charge >= 0.3 is 0 Å². The van der Waals surface area contributed by atoms with E-state index in [9.17, 15) is 4.79 Å². The van der Waals surface area contributed by atoms with Gasteiger partial charge in [-0.3, -0.25) is 4.79 Å². The first kappa shape index (κ1) is 14.8. The van der Waals surface area contributed by atoms with Crippen LogP contribution in [0.1, 0.15) is 30.0 Å². The SMILES string of the molecule is C=CC(CCCc1ccccc1)n1cccc(C#N)c1=O. The van der Waals surface area contributed by atoms with Crippen molar-refractivity contribution in [3.63, 3.8) is 0 Å². The lowest BCUT2D eigenvalue weighted by molar-refractivity contribution is 0.520. The molecule has 0 radical (unpaired) electrons. The van der Waals surface area contributed by atoms with Crippen LogP contribution < -0.4 is 5.56 Å². The number of hydrogen-bond donors (Lipinski definition) is 0. The fourth-order valence-electron chi connectivity index (χ4n) is 2.39. The van der Waals surface area contributed by atoms with E-state index in [0.717, 1.165) is 19.3 Å². The summed E-state index contributed by atoms with van der Waals surface area (Å²) in [4.78, 5) is 12.1. The average molecular weight is 278 g/mol. The Morgan fingerprint density at radius 3 is 2.67 bits per heavy atom. The molecule has 0 aliphatic rings. The van der Waals surface area contributed by atoms with E-state index >= 15 is 0 Å². The second-order valence-corrected chi connectivity index (χ2v) is 4.93. The van der Waals surface area contributed by atoms with Gasteiger partial charge in [0, 0.05) is 6.20 Å². The van der Waals surface area contributed by atoms with Gasteiger partial charge in [-0.25, -0.2) is 0 Å². The summed E-state index contributed by atoms with van der Waals surface area (Å²) in [6.07, 6.45) is 6.25. The standard InChI is InChI=1S/C18H18N2O/c1-2-17(12-6-10-15-8-4-3-5-9-15)20-13-7-11-16(14-19)18(20)21/h2-5,7-9,11,13,17H,1,6,10,12H2. The van der Waals surface area contributed by atoms with Gasteiger partial charge in [0.15, 0.2) is 0 Å². The molecule has 1 unspecified atom stereocenters. The highest BCUT2D eigenvalue weighted by Gasteiger charge is 2.10. The highest BCUT2D eigenvalue weighted by atomic mass is 16.1. The number of allylic oxidation sites excluding steroid dienone is 1. The third-order valence-electron chi connectivity index (χ3n) is 3.53. The van der Waals surface area contributed by atoms with Crippen LogP contribution in [0.2, 0.25) is 0 Å². The maximum Gasteiger partial charge on any atom is 0.269 e. The van der Waals surface area contributed by atoms with Crippen molar-refractivity contribution >= 4 is 0 Å². The van der Waals surface area contributed by atoms with E-state index in [1.807, 2.05) is 24.3 Å². The van der Waals surface area contributed by atoms with Gasteiger partial charge in [-0.1, -0.05) is 36.4 Å². The molecular weight excluding hydrogens is 260 g/mol. The Morgan fingerprint density at radius 2 is 2.00 bits per heavy atom. The van der Waals surface area contributed by atoms with Gasteiger partial charge in [0.2, 0.25) is 0 Å². The van der Waals surface area contributed by atoms with Crippen LogP contribution in [0.25, 0.3) is 0 Å². The summed E-state index contributed by atoms with van der Waals surface area (Å²) in [6, 6.07) is 15.4. The lowest BCUT2D eigenvalue weighted by atomic mass is 10.0. The zero-order valence-corrected chi connectivity index (χ0v) is 11.9. The molecule has 106 valence electrons. The molecule has 0 spiro atoms. The van der Waals surface area contributed by atoms with Crippen LogP contribution in [-0.2, 0) is 6.42 Å². The highest BCUT2D eigenvalue weighted by Crippen LogP contribution is 2.15. The minimum Gasteiger partial charge on any atom is -0.308 e. The van der Waals surface area contributed by atoms with Crippen molar-refractivity contribution in [2.75, 3.05) is 0 Å². The lowest BCUT2D eigenvalue weighted by Gasteiger charge is -2.16. The first-order chi connectivity index (χ1) is 10.3. The quantitative estimate of drug-likeness (QED) is 0.759. The Kier molecular flexibility index (Phi) is 5.11. The van der Waals surface area contributed by atoms with Crippen molar-refractivity contribution in [2.24, 2.45) is 0 Å². The molecule has 3 heteroatoms. The Morgan fingerprint density at radius 1 is 1.24 bits per heavy atom. The average Bonchev–Trinajstić information content (AvgIpc) is 2.53. The smallest absolute Gasteiger partial charge is 0.269 e. The molecule has 1 atom stereocenters. The van der Waals surface area contributed by atoms with Crippen molar-refractivity contribution in [2.45, 2.75) is 25.3 Å². The summed E-state index contributed by atoms with van der Waals surface area (Å²) in [5.41, 5.74) is 1.22. The molecule has 1 aromatic heterocycles. The van der Waals surface area contributed by atoms with Crippen LogP contribution in [0.4, 0.5) is 0 Å². The predicted octanol–water partition coefficient (Wildman–Crippen LogP) is 3.47. The second-order valence-electron chi connectivity index (χ2n) is 4.93. The number of nitriles is 1. The molecular formula is C18H18N2O. The zero-order valence-electron chi connectivity index (χ0n) is 11.9. The van der Waals surface area contributed by atoms with Crippen molar-refractivity contribution in [1.29, 1.82) is 5.26 Å². The van der Waals surface area contributed by atoms with Gasteiger partial charge in [0.1, 0.15) is 11.6 Å². The number of hydrogen-bond acceptors (Lipinski definition) is 2. The number of aromatic nitrogens is 1. The monoisotopic (exact) mass is 278 g/mol. The van der Waals surface area contributed by atoms with E-state index in [2.05, 4.69) is 18.7 Å². The maximum absolute atomic E-state index is 12.1. The number of nitrogens with zero attached hydrogens (tertiary/aromatic N) is 2. The second kappa shape index (κ2) is 7.25. The maximum atomic E-state index is 12.1. The van der Waals surface area contributed by atoms with Crippen molar-refractivity contribution in [3.05, 3.63) is 82.8 Å². The summed E-state index contributed by atoms with van der Waals surface area (Å²) >= 11 is 0. The molecule has 0 aliphatic heterocycles. The van der Waals surface area contributed by atoms with Gasteiger partial charge in [-0.2, -0.15) is 5.26 Å². The Labute approximate surface area is 124 Å². The van der Waals surface area contributed by atoms with E-state index in [1.54, 1.807) is 29.0 Å². The summed E-state index contributed by atoms with van der Waals surface area (Å²) in [7, 11) is 0. The minimum atomic E-state index is -0.246. The molecule has 0 amide bonds. The number of benzene rings is 1. The van der Waals surface area contributed by atoms with E-state index < -0.39 is 0 Å². The van der Waals surface area contributed by atoms with E-state index in [-0.39, 0.29) is 17.2 Å². The summed E-state index contributed by atoms with van der Waals surface area (Å²) in [6.45, 7) is 3.82. The van der Waals surface area contributed by atoms with Crippen LogP contribution >= 0.6 is 0 Å². The summed E-state index contributed by atoms with van der Waals surface area (Å²) in [5.74, 6) is 0. The minimum absolute atomic E-state index is 0.0745. The summed E-state index contributed by atoms with van der Waals surface area (Å²) < 4.78 is 1.59. The number of aryl methyl sites for hydroxylation is 1. The molecule has 1 aromatic carbocycles. The van der Waals surface area contributed by atoms with E-state index in [0.29, 0.717) is 0 Å². The van der Waals surface area contributed by atoms with Crippen LogP contribution in [0.5, 0.6) is 0 Å². The molecule has 1 heterocycles. The lowest BCUT2D eigenvalue weighted by Crippen LogP contribution is -2.25. The summed E-state index contributed by atoms with van der Waals surface area (Å²) in [5, 5.41) is 8.93. The fourth-order valence-corrected chi connectivity index (χ4v) is 2.39. The van der Waals surface area contributed by atoms with E-state index in [1.165, 1.54) is 5.56 Å². The first-order valence-corrected chi connectivity index (χ1v) is 7.04. The third kappa shape index (κ3) is 3.70. The zero-order chi connectivity index (χ0) is 15.1. The van der Waals surface area contributed by atoms with Crippen LogP contribution in [-0.4, -0.2) is 4.57 Å². The van der Waals surface area contributed by atoms with Gasteiger partial charge in [-0.15, -0.1) is 6.58 Å². The predicted molar refractivity (Wildman–Crippen MR) is 84.0 cm³/mol. The Balaban J connectivity index is 2.06. The largest absolute Gasteiger partial charge is 0.308 e. The Hall–Kier alpha value is -2.60.